The average molecular weight is 176 g/mol. The highest BCUT2D eigenvalue weighted by Gasteiger charge is 2.19. The van der Waals surface area contributed by atoms with Crippen molar-refractivity contribution >= 4 is 11.9 Å². The molecule has 0 radical (unpaired) electrons. The van der Waals surface area contributed by atoms with E-state index in [1.165, 1.54) is 0 Å². The molecule has 12 heavy (non-hydrogen) atoms. The smallest absolute Gasteiger partial charge is 0.308 e. The number of nitrogens with two attached hydrogens (primary N) is 1. The number of carboxylic acid groups (broad SMARTS) is 1. The maximum absolute atomic E-state index is 10.5. The Labute approximate surface area is 68.9 Å². The molecule has 0 unspecified atom stereocenters. The monoisotopic (exact) mass is 176 g/mol. The SMILES string of the molecule is COC(=O)C[C@@H](O)[C@@H](N)C(=O)[O-]. The van der Waals surface area contributed by atoms with Crippen molar-refractivity contribution < 1.29 is 24.5 Å². The Kier molecular flexibility index (Phi) is 4.24. The van der Waals surface area contributed by atoms with Crippen molar-refractivity contribution in [1.82, 2.24) is 0 Å². The van der Waals surface area contributed by atoms with Crippen LogP contribution in [0.15, 0.2) is 0 Å². The van der Waals surface area contributed by atoms with Crippen LogP contribution in [0.1, 0.15) is 6.42 Å². The van der Waals surface area contributed by atoms with Crippen LogP contribution >= 0.6 is 0 Å². The number of esters is 1. The summed E-state index contributed by atoms with van der Waals surface area (Å²) >= 11 is 0. The van der Waals surface area contributed by atoms with Crippen LogP contribution in [-0.2, 0) is 14.3 Å². The van der Waals surface area contributed by atoms with Gasteiger partial charge in [0.2, 0.25) is 0 Å². The third kappa shape index (κ3) is 3.31. The maximum atomic E-state index is 10.5. The molecular formula is C6H10NO5-. The van der Waals surface area contributed by atoms with Crippen LogP contribution in [0.25, 0.3) is 0 Å². The second-order valence-electron chi connectivity index (χ2n) is 2.19. The van der Waals surface area contributed by atoms with Crippen molar-refractivity contribution in [3.05, 3.63) is 0 Å². The number of carboxylic acids is 1. The van der Waals surface area contributed by atoms with E-state index in [9.17, 15) is 14.7 Å². The zero-order valence-corrected chi connectivity index (χ0v) is 6.52. The second-order valence-corrected chi connectivity index (χ2v) is 2.19. The van der Waals surface area contributed by atoms with Crippen LogP contribution in [0.4, 0.5) is 0 Å². The molecule has 0 aliphatic heterocycles. The number of carbonyl (C=O) groups excluding carboxylic acids is 2. The fourth-order valence-corrected chi connectivity index (χ4v) is 0.538. The number of ether oxygens (including phenoxy) is 1. The summed E-state index contributed by atoms with van der Waals surface area (Å²) < 4.78 is 4.18. The third-order valence-corrected chi connectivity index (χ3v) is 1.29. The highest BCUT2D eigenvalue weighted by Crippen LogP contribution is 1.97. The molecule has 0 spiro atoms. The van der Waals surface area contributed by atoms with Gasteiger partial charge < -0.3 is 25.5 Å². The Morgan fingerprint density at radius 1 is 1.67 bits per heavy atom. The van der Waals surface area contributed by atoms with Gasteiger partial charge in [-0.1, -0.05) is 0 Å². The first-order chi connectivity index (χ1) is 5.49. The Morgan fingerprint density at radius 2 is 2.17 bits per heavy atom. The molecule has 70 valence electrons. The fraction of sp³-hybridized carbons (Fsp3) is 0.667. The van der Waals surface area contributed by atoms with Gasteiger partial charge in [-0.2, -0.15) is 0 Å². The highest BCUT2D eigenvalue weighted by atomic mass is 16.5. The van der Waals surface area contributed by atoms with Crippen LogP contribution in [0.2, 0.25) is 0 Å². The molecule has 6 heteroatoms. The van der Waals surface area contributed by atoms with Crippen LogP contribution in [0.5, 0.6) is 0 Å². The molecule has 0 aromatic carbocycles. The lowest BCUT2D eigenvalue weighted by Gasteiger charge is -2.17. The average Bonchev–Trinajstić information content (AvgIpc) is 2.02. The number of carbonyl (C=O) groups is 2. The van der Waals surface area contributed by atoms with Crippen molar-refractivity contribution in [2.24, 2.45) is 5.73 Å². The highest BCUT2D eigenvalue weighted by molar-refractivity contribution is 5.75. The van der Waals surface area contributed by atoms with Gasteiger partial charge in [0.1, 0.15) is 0 Å². The van der Waals surface area contributed by atoms with Gasteiger partial charge in [0.25, 0.3) is 0 Å². The first-order valence-electron chi connectivity index (χ1n) is 3.20. The van der Waals surface area contributed by atoms with Gasteiger partial charge in [-0.25, -0.2) is 0 Å². The van der Waals surface area contributed by atoms with Crippen molar-refractivity contribution in [2.75, 3.05) is 7.11 Å². The van der Waals surface area contributed by atoms with E-state index < -0.39 is 30.5 Å². The summed E-state index contributed by atoms with van der Waals surface area (Å²) in [5, 5.41) is 19.0. The van der Waals surface area contributed by atoms with E-state index in [4.69, 9.17) is 10.8 Å². The first-order valence-corrected chi connectivity index (χ1v) is 3.20. The van der Waals surface area contributed by atoms with Crippen LogP contribution < -0.4 is 10.8 Å². The number of aliphatic hydroxyl groups excluding tert-OH is 1. The number of methoxy groups -OCH3 is 1. The number of hydrogen-bond acceptors (Lipinski definition) is 6. The zero-order valence-electron chi connectivity index (χ0n) is 6.52. The molecule has 3 N–H and O–H groups in total. The van der Waals surface area contributed by atoms with Crippen LogP contribution in [0, 0.1) is 0 Å². The minimum absolute atomic E-state index is 0.453. The van der Waals surface area contributed by atoms with Gasteiger partial charge in [-0.05, 0) is 0 Å². The normalized spacial score (nSPS) is 14.9. The molecule has 0 aromatic heterocycles. The molecule has 0 aliphatic carbocycles. The minimum Gasteiger partial charge on any atom is -0.548 e. The Bertz CT molecular complexity index is 181. The third-order valence-electron chi connectivity index (χ3n) is 1.29. The zero-order chi connectivity index (χ0) is 9.72. The van der Waals surface area contributed by atoms with E-state index in [-0.39, 0.29) is 0 Å². The summed E-state index contributed by atoms with van der Waals surface area (Å²) in [5.41, 5.74) is 4.94. The van der Waals surface area contributed by atoms with E-state index in [2.05, 4.69) is 4.74 Å². The summed E-state index contributed by atoms with van der Waals surface area (Å²) in [6.45, 7) is 0. The topological polar surface area (TPSA) is 113 Å². The Balaban J connectivity index is 3.94. The minimum atomic E-state index is -1.61. The lowest BCUT2D eigenvalue weighted by Crippen LogP contribution is -2.50. The quantitative estimate of drug-likeness (QED) is 0.441. The molecule has 0 amide bonds. The molecule has 0 aliphatic rings. The number of hydrogen-bond donors (Lipinski definition) is 2. The largest absolute Gasteiger partial charge is 0.548 e. The summed E-state index contributed by atoms with van der Waals surface area (Å²) in [6, 6.07) is -1.57. The van der Waals surface area contributed by atoms with Gasteiger partial charge in [0.05, 0.1) is 31.6 Å². The predicted octanol–water partition coefficient (Wildman–Crippen LogP) is -3.01. The second kappa shape index (κ2) is 4.68. The molecule has 0 bridgehead atoms. The maximum Gasteiger partial charge on any atom is 0.308 e. The van der Waals surface area contributed by atoms with Gasteiger partial charge in [0, 0.05) is 0 Å². The van der Waals surface area contributed by atoms with E-state index in [1.54, 1.807) is 0 Å². The molecule has 0 saturated carbocycles. The fourth-order valence-electron chi connectivity index (χ4n) is 0.538. The van der Waals surface area contributed by atoms with Crippen molar-refractivity contribution in [2.45, 2.75) is 18.6 Å². The lowest BCUT2D eigenvalue weighted by atomic mass is 10.1. The molecule has 6 nitrogen and oxygen atoms in total. The van der Waals surface area contributed by atoms with Crippen LogP contribution in [-0.4, -0.2) is 36.3 Å². The lowest BCUT2D eigenvalue weighted by molar-refractivity contribution is -0.309. The van der Waals surface area contributed by atoms with E-state index in [0.717, 1.165) is 7.11 Å². The van der Waals surface area contributed by atoms with Crippen LogP contribution in [0.3, 0.4) is 0 Å². The van der Waals surface area contributed by atoms with Gasteiger partial charge in [-0.15, -0.1) is 0 Å². The number of aliphatic carboxylic acids is 1. The van der Waals surface area contributed by atoms with Crippen molar-refractivity contribution in [3.8, 4) is 0 Å². The number of rotatable bonds is 4. The van der Waals surface area contributed by atoms with E-state index in [1.807, 2.05) is 0 Å². The Morgan fingerprint density at radius 3 is 2.50 bits per heavy atom. The van der Waals surface area contributed by atoms with Crippen molar-refractivity contribution in [1.29, 1.82) is 0 Å². The number of aliphatic hydroxyl groups is 1. The Hall–Kier alpha value is -1.14. The van der Waals surface area contributed by atoms with Gasteiger partial charge in [-0.3, -0.25) is 4.79 Å². The first kappa shape index (κ1) is 10.9. The summed E-state index contributed by atoms with van der Waals surface area (Å²) in [6.07, 6.45) is -1.92. The van der Waals surface area contributed by atoms with Gasteiger partial charge >= 0.3 is 5.97 Å². The molecule has 2 atom stereocenters. The molecule has 0 heterocycles. The van der Waals surface area contributed by atoms with Crippen molar-refractivity contribution in [3.63, 3.8) is 0 Å². The predicted molar refractivity (Wildman–Crippen MR) is 35.6 cm³/mol. The summed E-state index contributed by atoms with van der Waals surface area (Å²) in [5.74, 6) is -2.33. The van der Waals surface area contributed by atoms with E-state index in [0.29, 0.717) is 0 Å². The summed E-state index contributed by atoms with van der Waals surface area (Å²) in [7, 11) is 1.12. The summed E-state index contributed by atoms with van der Waals surface area (Å²) in [4.78, 5) is 20.6. The molecule has 0 saturated heterocycles. The molecule has 0 rings (SSSR count). The molecule has 0 fully saturated rings. The van der Waals surface area contributed by atoms with E-state index >= 15 is 0 Å². The van der Waals surface area contributed by atoms with Gasteiger partial charge in [0.15, 0.2) is 0 Å². The standard InChI is InChI=1S/C6H11NO5/c1-12-4(9)2-3(8)5(7)6(10)11/h3,5,8H,2,7H2,1H3,(H,10,11)/p-1/t3-,5-/m1/s1. The molecule has 0 aromatic rings. The molecular weight excluding hydrogens is 166 g/mol.